The van der Waals surface area contributed by atoms with E-state index in [0.717, 1.165) is 45.7 Å². The number of likely N-dealkylation sites (N-methyl/N-ethyl adjacent to an activating group) is 1. The highest BCUT2D eigenvalue weighted by molar-refractivity contribution is 14.0. The molecule has 2 rings (SSSR count). The van der Waals surface area contributed by atoms with E-state index >= 15 is 0 Å². The maximum atomic E-state index is 12.8. The SMILES string of the molecule is CCCOc1ccc(CNC(=NC)NCCN2CCCN(C)CC2)c(OC(F)F)c1.I. The molecule has 1 saturated heterocycles. The van der Waals surface area contributed by atoms with Gasteiger partial charge in [-0.25, -0.2) is 0 Å². The number of rotatable bonds is 10. The smallest absolute Gasteiger partial charge is 0.387 e. The molecule has 178 valence electrons. The molecule has 1 aromatic carbocycles. The van der Waals surface area contributed by atoms with Crippen molar-refractivity contribution in [2.45, 2.75) is 32.9 Å². The van der Waals surface area contributed by atoms with Crippen LogP contribution in [0.25, 0.3) is 0 Å². The van der Waals surface area contributed by atoms with Crippen LogP contribution in [-0.2, 0) is 6.54 Å². The van der Waals surface area contributed by atoms with Gasteiger partial charge in [-0.15, -0.1) is 24.0 Å². The molecule has 1 fully saturated rings. The maximum absolute atomic E-state index is 12.8. The van der Waals surface area contributed by atoms with Gasteiger partial charge < -0.3 is 29.9 Å². The van der Waals surface area contributed by atoms with Gasteiger partial charge in [0, 0.05) is 51.4 Å². The van der Waals surface area contributed by atoms with E-state index in [-0.39, 0.29) is 29.7 Å². The minimum atomic E-state index is -2.89. The molecule has 0 saturated carbocycles. The molecule has 2 N–H and O–H groups in total. The van der Waals surface area contributed by atoms with Crippen molar-refractivity contribution in [2.24, 2.45) is 4.99 Å². The minimum Gasteiger partial charge on any atom is -0.493 e. The van der Waals surface area contributed by atoms with Crippen LogP contribution in [0.5, 0.6) is 11.5 Å². The number of hydrogen-bond acceptors (Lipinski definition) is 5. The number of aliphatic imine (C=N–C) groups is 1. The van der Waals surface area contributed by atoms with Gasteiger partial charge in [0.25, 0.3) is 0 Å². The van der Waals surface area contributed by atoms with Crippen molar-refractivity contribution in [3.63, 3.8) is 0 Å². The summed E-state index contributed by atoms with van der Waals surface area (Å²) < 4.78 is 35.8. The number of hydrogen-bond donors (Lipinski definition) is 2. The summed E-state index contributed by atoms with van der Waals surface area (Å²) >= 11 is 0. The third-order valence-electron chi connectivity index (χ3n) is 4.93. The molecular weight excluding hydrogens is 519 g/mol. The van der Waals surface area contributed by atoms with Crippen LogP contribution >= 0.6 is 24.0 Å². The molecule has 10 heteroatoms. The molecule has 0 amide bonds. The number of nitrogens with zero attached hydrogens (tertiary/aromatic N) is 3. The first kappa shape index (κ1) is 27.6. The predicted octanol–water partition coefficient (Wildman–Crippen LogP) is 3.00. The molecular formula is C21H36F2IN5O2. The molecule has 1 heterocycles. The first-order valence-electron chi connectivity index (χ1n) is 10.6. The third-order valence-corrected chi connectivity index (χ3v) is 4.93. The van der Waals surface area contributed by atoms with Gasteiger partial charge in [-0.3, -0.25) is 4.99 Å². The van der Waals surface area contributed by atoms with Crippen molar-refractivity contribution in [3.8, 4) is 11.5 Å². The predicted molar refractivity (Wildman–Crippen MR) is 131 cm³/mol. The molecule has 31 heavy (non-hydrogen) atoms. The van der Waals surface area contributed by atoms with Crippen molar-refractivity contribution >= 4 is 29.9 Å². The topological polar surface area (TPSA) is 61.4 Å². The number of guanidine groups is 1. The monoisotopic (exact) mass is 555 g/mol. The molecule has 0 atom stereocenters. The minimum absolute atomic E-state index is 0. The molecule has 7 nitrogen and oxygen atoms in total. The Hall–Kier alpha value is -1.40. The van der Waals surface area contributed by atoms with Crippen LogP contribution in [0, 0.1) is 0 Å². The Balaban J connectivity index is 0.00000480. The summed E-state index contributed by atoms with van der Waals surface area (Å²) in [6.07, 6.45) is 2.01. The Bertz CT molecular complexity index is 667. The number of nitrogens with one attached hydrogen (secondary N) is 2. The molecule has 0 aliphatic carbocycles. The average molecular weight is 555 g/mol. The molecule has 1 aliphatic rings. The van der Waals surface area contributed by atoms with Gasteiger partial charge in [0.2, 0.25) is 0 Å². The van der Waals surface area contributed by atoms with Gasteiger partial charge in [-0.1, -0.05) is 6.92 Å². The van der Waals surface area contributed by atoms with Gasteiger partial charge in [0.05, 0.1) is 6.61 Å². The normalized spacial score (nSPS) is 15.9. The highest BCUT2D eigenvalue weighted by atomic mass is 127. The van der Waals surface area contributed by atoms with Gasteiger partial charge in [-0.2, -0.15) is 8.78 Å². The number of ether oxygens (including phenoxy) is 2. The Kier molecular flexibility index (Phi) is 13.7. The van der Waals surface area contributed by atoms with Crippen LogP contribution in [0.1, 0.15) is 25.3 Å². The van der Waals surface area contributed by atoms with Gasteiger partial charge in [0.1, 0.15) is 11.5 Å². The fourth-order valence-electron chi connectivity index (χ4n) is 3.25. The molecule has 0 radical (unpaired) electrons. The van der Waals surface area contributed by atoms with Crippen molar-refractivity contribution in [1.29, 1.82) is 0 Å². The van der Waals surface area contributed by atoms with Gasteiger partial charge >= 0.3 is 6.61 Å². The summed E-state index contributed by atoms with van der Waals surface area (Å²) in [5.74, 6) is 1.24. The standard InChI is InChI=1S/C21H35F2N5O2.HI/c1-4-14-29-18-7-6-17(19(15-18)30-20(22)23)16-26-21(24-2)25-8-11-28-10-5-9-27(3)12-13-28;/h6-7,15,20H,4-5,8-14,16H2,1-3H3,(H2,24,25,26);1H. The molecule has 1 aliphatic heterocycles. The van der Waals surface area contributed by atoms with Crippen molar-refractivity contribution in [3.05, 3.63) is 23.8 Å². The summed E-state index contributed by atoms with van der Waals surface area (Å²) in [7, 11) is 3.84. The fourth-order valence-corrected chi connectivity index (χ4v) is 3.25. The summed E-state index contributed by atoms with van der Waals surface area (Å²) in [5.41, 5.74) is 0.609. The lowest BCUT2D eigenvalue weighted by molar-refractivity contribution is -0.0505. The summed E-state index contributed by atoms with van der Waals surface area (Å²) in [6.45, 7) is 5.99. The largest absolute Gasteiger partial charge is 0.493 e. The van der Waals surface area contributed by atoms with E-state index in [1.807, 2.05) is 6.92 Å². The van der Waals surface area contributed by atoms with Crippen molar-refractivity contribution in [1.82, 2.24) is 20.4 Å². The van der Waals surface area contributed by atoms with Crippen molar-refractivity contribution < 1.29 is 18.3 Å². The van der Waals surface area contributed by atoms with E-state index in [1.54, 1.807) is 19.2 Å². The first-order chi connectivity index (χ1) is 14.5. The van der Waals surface area contributed by atoms with Crippen LogP contribution in [0.3, 0.4) is 0 Å². The second-order valence-electron chi connectivity index (χ2n) is 7.35. The van der Waals surface area contributed by atoms with Crippen LogP contribution in [0.4, 0.5) is 8.78 Å². The van der Waals surface area contributed by atoms with E-state index < -0.39 is 6.61 Å². The highest BCUT2D eigenvalue weighted by Crippen LogP contribution is 2.26. The molecule has 1 aromatic rings. The third kappa shape index (κ3) is 10.6. The summed E-state index contributed by atoms with van der Waals surface area (Å²) in [6, 6.07) is 5.00. The molecule has 0 unspecified atom stereocenters. The van der Waals surface area contributed by atoms with E-state index in [1.165, 1.54) is 12.5 Å². The van der Waals surface area contributed by atoms with Gasteiger partial charge in [-0.05, 0) is 45.1 Å². The summed E-state index contributed by atoms with van der Waals surface area (Å²) in [5, 5.41) is 6.45. The Morgan fingerprint density at radius 1 is 1.19 bits per heavy atom. The second-order valence-corrected chi connectivity index (χ2v) is 7.35. The van der Waals surface area contributed by atoms with E-state index in [9.17, 15) is 8.78 Å². The number of alkyl halides is 2. The maximum Gasteiger partial charge on any atom is 0.387 e. The van der Waals surface area contributed by atoms with Gasteiger partial charge in [0.15, 0.2) is 5.96 Å². The Morgan fingerprint density at radius 3 is 2.71 bits per heavy atom. The lowest BCUT2D eigenvalue weighted by Crippen LogP contribution is -2.42. The zero-order chi connectivity index (χ0) is 21.8. The first-order valence-corrected chi connectivity index (χ1v) is 10.6. The second kappa shape index (κ2) is 15.4. The lowest BCUT2D eigenvalue weighted by Gasteiger charge is -2.21. The Morgan fingerprint density at radius 2 is 2.00 bits per heavy atom. The number of benzene rings is 1. The van der Waals surface area contributed by atoms with E-state index in [4.69, 9.17) is 4.74 Å². The summed E-state index contributed by atoms with van der Waals surface area (Å²) in [4.78, 5) is 9.01. The average Bonchev–Trinajstić information content (AvgIpc) is 2.93. The molecule has 0 spiro atoms. The zero-order valence-electron chi connectivity index (χ0n) is 18.7. The van der Waals surface area contributed by atoms with E-state index in [0.29, 0.717) is 30.4 Å². The lowest BCUT2D eigenvalue weighted by atomic mass is 10.2. The Labute approximate surface area is 201 Å². The van der Waals surface area contributed by atoms with Crippen LogP contribution in [0.15, 0.2) is 23.2 Å². The van der Waals surface area contributed by atoms with E-state index in [2.05, 4.69) is 37.2 Å². The van der Waals surface area contributed by atoms with Crippen molar-refractivity contribution in [2.75, 3.05) is 60.0 Å². The van der Waals surface area contributed by atoms with Crippen LogP contribution in [-0.4, -0.2) is 82.3 Å². The highest BCUT2D eigenvalue weighted by Gasteiger charge is 2.13. The molecule has 0 bridgehead atoms. The number of halogens is 3. The zero-order valence-corrected chi connectivity index (χ0v) is 21.0. The quantitative estimate of drug-likeness (QED) is 0.263. The van der Waals surface area contributed by atoms with Crippen LogP contribution in [0.2, 0.25) is 0 Å². The molecule has 0 aromatic heterocycles. The fraction of sp³-hybridized carbons (Fsp3) is 0.667. The van der Waals surface area contributed by atoms with Crippen LogP contribution < -0.4 is 20.1 Å².